The van der Waals surface area contributed by atoms with Gasteiger partial charge in [-0.3, -0.25) is 4.90 Å². The van der Waals surface area contributed by atoms with E-state index in [4.69, 9.17) is 11.6 Å². The summed E-state index contributed by atoms with van der Waals surface area (Å²) in [6.45, 7) is 1.13. The number of likely N-dealkylation sites (tertiary alicyclic amines) is 1. The van der Waals surface area contributed by atoms with Crippen LogP contribution in [0.5, 0.6) is 0 Å². The van der Waals surface area contributed by atoms with Crippen LogP contribution < -0.4 is 0 Å². The highest BCUT2D eigenvalue weighted by Crippen LogP contribution is 2.35. The van der Waals surface area contributed by atoms with Gasteiger partial charge in [0.1, 0.15) is 0 Å². The van der Waals surface area contributed by atoms with E-state index in [0.717, 1.165) is 5.56 Å². The molecule has 0 radical (unpaired) electrons. The molecule has 7 heteroatoms. The molecule has 0 aliphatic carbocycles. The van der Waals surface area contributed by atoms with Crippen molar-refractivity contribution in [3.05, 3.63) is 34.9 Å². The van der Waals surface area contributed by atoms with Crippen LogP contribution in [0.1, 0.15) is 18.4 Å². The number of benzene rings is 1. The van der Waals surface area contributed by atoms with Gasteiger partial charge in [-0.2, -0.15) is 0 Å². The molecule has 0 bridgehead atoms. The van der Waals surface area contributed by atoms with Gasteiger partial charge in [-0.15, -0.1) is 0 Å². The van der Waals surface area contributed by atoms with E-state index >= 15 is 0 Å². The maximum Gasteiger partial charge on any atom is 0.154 e. The van der Waals surface area contributed by atoms with Crippen molar-refractivity contribution in [2.45, 2.75) is 30.6 Å². The number of aliphatic hydroxyl groups excluding tert-OH is 1. The molecule has 1 aromatic carbocycles. The van der Waals surface area contributed by atoms with Crippen molar-refractivity contribution in [2.24, 2.45) is 0 Å². The summed E-state index contributed by atoms with van der Waals surface area (Å²) in [5.74, 6) is -0.150. The van der Waals surface area contributed by atoms with Gasteiger partial charge < -0.3 is 10.2 Å². The molecule has 5 nitrogen and oxygen atoms in total. The summed E-state index contributed by atoms with van der Waals surface area (Å²) in [5.41, 5.74) is -0.0834. The fourth-order valence-corrected chi connectivity index (χ4v) is 5.39. The molecule has 0 spiro atoms. The quantitative estimate of drug-likeness (QED) is 0.828. The number of hydrogen-bond acceptors (Lipinski definition) is 5. The lowest BCUT2D eigenvalue weighted by Gasteiger charge is -2.41. The molecule has 2 aliphatic heterocycles. The second-order valence-electron chi connectivity index (χ2n) is 6.29. The Morgan fingerprint density at radius 2 is 1.73 bits per heavy atom. The third-order valence-electron chi connectivity index (χ3n) is 4.77. The molecule has 0 amide bonds. The largest absolute Gasteiger partial charge is 0.390 e. The molecular formula is C15H20ClNO4S. The molecule has 2 aliphatic rings. The Labute approximate surface area is 135 Å². The molecule has 2 atom stereocenters. The number of rotatable bonds is 2. The van der Waals surface area contributed by atoms with Crippen LogP contribution in [0.2, 0.25) is 5.02 Å². The zero-order valence-electron chi connectivity index (χ0n) is 12.2. The topological polar surface area (TPSA) is 77.8 Å². The fraction of sp³-hybridized carbons (Fsp3) is 0.600. The second-order valence-corrected chi connectivity index (χ2v) is 8.88. The van der Waals surface area contributed by atoms with Gasteiger partial charge in [0.25, 0.3) is 0 Å². The maximum absolute atomic E-state index is 11.6. The molecular weight excluding hydrogens is 326 g/mol. The van der Waals surface area contributed by atoms with E-state index in [2.05, 4.69) is 0 Å². The summed E-state index contributed by atoms with van der Waals surface area (Å²) in [5, 5.41) is 21.4. The molecule has 0 saturated carbocycles. The van der Waals surface area contributed by atoms with Gasteiger partial charge in [-0.25, -0.2) is 8.42 Å². The zero-order chi connectivity index (χ0) is 16.0. The zero-order valence-corrected chi connectivity index (χ0v) is 13.7. The second kappa shape index (κ2) is 5.76. The average Bonchev–Trinajstić information content (AvgIpc) is 2.73. The van der Waals surface area contributed by atoms with Crippen LogP contribution in [0.3, 0.4) is 0 Å². The SMILES string of the molecule is O=S1(=O)C[C@@H](O)[C@@H](N2CCC(O)(c3ccc(Cl)cc3)CC2)C1. The first kappa shape index (κ1) is 16.2. The van der Waals surface area contributed by atoms with E-state index in [1.807, 2.05) is 17.0 Å². The minimum absolute atomic E-state index is 0.00748. The third-order valence-corrected chi connectivity index (χ3v) is 6.72. The van der Waals surface area contributed by atoms with Crippen LogP contribution in [0.25, 0.3) is 0 Å². The molecule has 122 valence electrons. The average molecular weight is 346 g/mol. The van der Waals surface area contributed by atoms with E-state index in [-0.39, 0.29) is 17.5 Å². The van der Waals surface area contributed by atoms with Crippen LogP contribution in [0.15, 0.2) is 24.3 Å². The number of hydrogen-bond donors (Lipinski definition) is 2. The molecule has 2 heterocycles. The minimum Gasteiger partial charge on any atom is -0.390 e. The lowest BCUT2D eigenvalue weighted by Crippen LogP contribution is -2.50. The van der Waals surface area contributed by atoms with Crippen molar-refractivity contribution >= 4 is 21.4 Å². The van der Waals surface area contributed by atoms with Gasteiger partial charge in [-0.1, -0.05) is 23.7 Å². The van der Waals surface area contributed by atoms with E-state index in [1.54, 1.807) is 12.1 Å². The first-order chi connectivity index (χ1) is 10.3. The highest BCUT2D eigenvalue weighted by Gasteiger charge is 2.43. The van der Waals surface area contributed by atoms with Crippen LogP contribution in [0.4, 0.5) is 0 Å². The molecule has 1 aromatic rings. The number of aliphatic hydroxyl groups is 2. The summed E-state index contributed by atoms with van der Waals surface area (Å²) < 4.78 is 23.3. The molecule has 0 unspecified atom stereocenters. The Hall–Kier alpha value is -0.660. The molecule has 3 rings (SSSR count). The lowest BCUT2D eigenvalue weighted by atomic mass is 9.84. The monoisotopic (exact) mass is 345 g/mol. The summed E-state index contributed by atoms with van der Waals surface area (Å²) in [7, 11) is -3.15. The van der Waals surface area contributed by atoms with Crippen molar-refractivity contribution in [3.63, 3.8) is 0 Å². The molecule has 2 saturated heterocycles. The standard InChI is InChI=1S/C15H20ClNO4S/c16-12-3-1-11(2-4-12)15(19)5-7-17(8-6-15)13-9-22(20,21)10-14(13)18/h1-4,13-14,18-19H,5-10H2/t13-,14+/m0/s1. The minimum atomic E-state index is -3.15. The first-order valence-electron chi connectivity index (χ1n) is 7.40. The van der Waals surface area contributed by atoms with E-state index < -0.39 is 21.5 Å². The van der Waals surface area contributed by atoms with Gasteiger partial charge >= 0.3 is 0 Å². The Kier molecular flexibility index (Phi) is 4.24. The first-order valence-corrected chi connectivity index (χ1v) is 9.60. The molecule has 2 fully saturated rings. The summed E-state index contributed by atoms with van der Waals surface area (Å²) in [6, 6.07) is 6.82. The van der Waals surface area contributed by atoms with Crippen molar-refractivity contribution < 1.29 is 18.6 Å². The van der Waals surface area contributed by atoms with Gasteiger partial charge in [0.2, 0.25) is 0 Å². The van der Waals surface area contributed by atoms with Crippen LogP contribution >= 0.6 is 11.6 Å². The van der Waals surface area contributed by atoms with Crippen molar-refractivity contribution in [1.29, 1.82) is 0 Å². The molecule has 0 aromatic heterocycles. The maximum atomic E-state index is 11.6. The van der Waals surface area contributed by atoms with E-state index in [1.165, 1.54) is 0 Å². The van der Waals surface area contributed by atoms with Gasteiger partial charge in [0, 0.05) is 18.1 Å². The van der Waals surface area contributed by atoms with Crippen molar-refractivity contribution in [1.82, 2.24) is 4.90 Å². The Morgan fingerprint density at radius 1 is 1.14 bits per heavy atom. The number of piperidine rings is 1. The Bertz CT molecular complexity index is 638. The molecule has 22 heavy (non-hydrogen) atoms. The number of sulfone groups is 1. The summed E-state index contributed by atoms with van der Waals surface area (Å²) in [4.78, 5) is 1.99. The highest BCUT2D eigenvalue weighted by atomic mass is 35.5. The Balaban J connectivity index is 1.68. The van der Waals surface area contributed by atoms with E-state index in [9.17, 15) is 18.6 Å². The predicted octanol–water partition coefficient (Wildman–Crippen LogP) is 0.781. The normalized spacial score (nSPS) is 31.2. The van der Waals surface area contributed by atoms with Gasteiger partial charge in [0.05, 0.1) is 29.3 Å². The van der Waals surface area contributed by atoms with Crippen molar-refractivity contribution in [3.8, 4) is 0 Å². The van der Waals surface area contributed by atoms with E-state index in [0.29, 0.717) is 31.0 Å². The molecule has 2 N–H and O–H groups in total. The van der Waals surface area contributed by atoms with Gasteiger partial charge in [0.15, 0.2) is 9.84 Å². The number of nitrogens with zero attached hydrogens (tertiary/aromatic N) is 1. The Morgan fingerprint density at radius 3 is 2.23 bits per heavy atom. The highest BCUT2D eigenvalue weighted by molar-refractivity contribution is 7.91. The van der Waals surface area contributed by atoms with Crippen LogP contribution in [-0.2, 0) is 15.4 Å². The number of halogens is 1. The van der Waals surface area contributed by atoms with Crippen LogP contribution in [0, 0.1) is 0 Å². The van der Waals surface area contributed by atoms with Crippen LogP contribution in [-0.4, -0.2) is 60.3 Å². The van der Waals surface area contributed by atoms with Crippen molar-refractivity contribution in [2.75, 3.05) is 24.6 Å². The van der Waals surface area contributed by atoms with Gasteiger partial charge in [-0.05, 0) is 30.5 Å². The lowest BCUT2D eigenvalue weighted by molar-refractivity contribution is -0.0449. The summed E-state index contributed by atoms with van der Waals surface area (Å²) >= 11 is 5.87. The smallest absolute Gasteiger partial charge is 0.154 e. The third kappa shape index (κ3) is 3.16. The fourth-order valence-electron chi connectivity index (χ4n) is 3.43. The summed E-state index contributed by atoms with van der Waals surface area (Å²) in [6.07, 6.45) is 0.197. The predicted molar refractivity (Wildman–Crippen MR) is 84.6 cm³/mol.